The number of rotatable bonds is 4. The molecule has 10 nitrogen and oxygen atoms in total. The number of aliphatic hydroxyl groups is 1. The van der Waals surface area contributed by atoms with Gasteiger partial charge in [0.05, 0.1) is 30.2 Å². The van der Waals surface area contributed by atoms with Crippen LogP contribution in [-0.2, 0) is 22.9 Å². The fourth-order valence-electron chi connectivity index (χ4n) is 2.86. The molecule has 2 aromatic heterocycles. The van der Waals surface area contributed by atoms with Crippen molar-refractivity contribution in [2.75, 3.05) is 24.3 Å². The van der Waals surface area contributed by atoms with Crippen LogP contribution in [0.25, 0.3) is 0 Å². The number of aromatic nitrogens is 4. The molecular formula is C15H20N6O4S. The van der Waals surface area contributed by atoms with Gasteiger partial charge in [-0.25, -0.2) is 18.4 Å². The highest BCUT2D eigenvalue weighted by atomic mass is 32.2. The smallest absolute Gasteiger partial charge is 0.273 e. The van der Waals surface area contributed by atoms with Crippen molar-refractivity contribution >= 4 is 21.7 Å². The highest BCUT2D eigenvalue weighted by molar-refractivity contribution is 7.90. The van der Waals surface area contributed by atoms with Crippen molar-refractivity contribution in [3.05, 3.63) is 34.9 Å². The van der Waals surface area contributed by atoms with Gasteiger partial charge >= 0.3 is 0 Å². The maximum Gasteiger partial charge on any atom is 0.273 e. The van der Waals surface area contributed by atoms with Gasteiger partial charge in [-0.2, -0.15) is 5.10 Å². The van der Waals surface area contributed by atoms with Crippen molar-refractivity contribution in [2.45, 2.75) is 26.1 Å². The van der Waals surface area contributed by atoms with Crippen molar-refractivity contribution in [1.82, 2.24) is 24.6 Å². The molecule has 0 spiro atoms. The molecule has 140 valence electrons. The van der Waals surface area contributed by atoms with Crippen molar-refractivity contribution < 1.29 is 18.3 Å². The Hall–Kier alpha value is -2.53. The van der Waals surface area contributed by atoms with Crippen LogP contribution in [0.4, 0.5) is 5.95 Å². The standard InChI is InChI=1S/C15H20N6O4S/c1-9-5-12(18-15(16)17-9)14(23)20-3-4-21-10(7-20)6-11(19-21)13(22)8-26(2,24)25/h5-6,13,22H,3-4,7-8H2,1-2H3,(H2,16,17,18)/t13-/m1/s1. The second-order valence-corrected chi connectivity index (χ2v) is 8.56. The number of nitrogen functional groups attached to an aromatic ring is 1. The van der Waals surface area contributed by atoms with Crippen LogP contribution in [0.3, 0.4) is 0 Å². The zero-order valence-electron chi connectivity index (χ0n) is 14.5. The molecule has 1 amide bonds. The van der Waals surface area contributed by atoms with Crippen molar-refractivity contribution in [3.63, 3.8) is 0 Å². The van der Waals surface area contributed by atoms with Gasteiger partial charge < -0.3 is 15.7 Å². The van der Waals surface area contributed by atoms with Gasteiger partial charge in [0.15, 0.2) is 0 Å². The van der Waals surface area contributed by atoms with E-state index < -0.39 is 21.7 Å². The molecule has 1 aliphatic heterocycles. The SMILES string of the molecule is Cc1cc(C(=O)N2CCn3nc([C@H](O)CS(C)(=O)=O)cc3C2)nc(N)n1. The average molecular weight is 380 g/mol. The first-order chi connectivity index (χ1) is 12.1. The van der Waals surface area contributed by atoms with Crippen LogP contribution < -0.4 is 5.73 Å². The second kappa shape index (κ2) is 6.65. The molecule has 0 aromatic carbocycles. The molecule has 3 heterocycles. The molecule has 1 aliphatic rings. The molecule has 3 rings (SSSR count). The summed E-state index contributed by atoms with van der Waals surface area (Å²) in [6.07, 6.45) is -0.140. The summed E-state index contributed by atoms with van der Waals surface area (Å²) in [5.74, 6) is -0.625. The van der Waals surface area contributed by atoms with Crippen molar-refractivity contribution in [2.24, 2.45) is 0 Å². The lowest BCUT2D eigenvalue weighted by atomic mass is 10.2. The van der Waals surface area contributed by atoms with Crippen LogP contribution in [0.1, 0.15) is 33.7 Å². The summed E-state index contributed by atoms with van der Waals surface area (Å²) in [5, 5.41) is 14.3. The van der Waals surface area contributed by atoms with Gasteiger partial charge in [0, 0.05) is 18.5 Å². The first-order valence-corrected chi connectivity index (χ1v) is 10.0. The lowest BCUT2D eigenvalue weighted by Crippen LogP contribution is -2.38. The lowest BCUT2D eigenvalue weighted by molar-refractivity contribution is 0.0699. The molecule has 0 bridgehead atoms. The van der Waals surface area contributed by atoms with Gasteiger partial charge in [0.1, 0.15) is 21.6 Å². The predicted octanol–water partition coefficient (Wildman–Crippen LogP) is -0.702. The van der Waals surface area contributed by atoms with Gasteiger partial charge in [-0.3, -0.25) is 9.48 Å². The van der Waals surface area contributed by atoms with E-state index in [-0.39, 0.29) is 29.8 Å². The Morgan fingerprint density at radius 2 is 2.08 bits per heavy atom. The Morgan fingerprint density at radius 1 is 1.35 bits per heavy atom. The first kappa shape index (κ1) is 18.3. The first-order valence-electron chi connectivity index (χ1n) is 7.95. The number of sulfone groups is 1. The van der Waals surface area contributed by atoms with Crippen LogP contribution in [0.2, 0.25) is 0 Å². The van der Waals surface area contributed by atoms with E-state index in [2.05, 4.69) is 15.1 Å². The fourth-order valence-corrected chi connectivity index (χ4v) is 3.60. The number of aliphatic hydroxyl groups excluding tert-OH is 1. The van der Waals surface area contributed by atoms with E-state index >= 15 is 0 Å². The third kappa shape index (κ3) is 3.99. The number of carbonyl (C=O) groups is 1. The number of fused-ring (bicyclic) bond motifs is 1. The summed E-state index contributed by atoms with van der Waals surface area (Å²) in [5.41, 5.74) is 7.43. The molecule has 0 saturated carbocycles. The molecule has 11 heteroatoms. The summed E-state index contributed by atoms with van der Waals surface area (Å²) >= 11 is 0. The summed E-state index contributed by atoms with van der Waals surface area (Å²) < 4.78 is 24.4. The molecular weight excluding hydrogens is 360 g/mol. The normalized spacial score (nSPS) is 15.6. The van der Waals surface area contributed by atoms with Crippen molar-refractivity contribution in [1.29, 1.82) is 0 Å². The van der Waals surface area contributed by atoms with Gasteiger partial charge in [-0.15, -0.1) is 0 Å². The predicted molar refractivity (Wildman–Crippen MR) is 92.8 cm³/mol. The monoisotopic (exact) mass is 380 g/mol. The quantitative estimate of drug-likeness (QED) is 0.708. The Balaban J connectivity index is 1.78. The number of aryl methyl sites for hydroxylation is 1. The Morgan fingerprint density at radius 3 is 2.73 bits per heavy atom. The Bertz CT molecular complexity index is 935. The topological polar surface area (TPSA) is 144 Å². The van der Waals surface area contributed by atoms with Crippen molar-refractivity contribution in [3.8, 4) is 0 Å². The number of hydrogen-bond acceptors (Lipinski definition) is 8. The molecule has 0 aliphatic carbocycles. The maximum atomic E-state index is 12.7. The largest absolute Gasteiger partial charge is 0.386 e. The van der Waals surface area contributed by atoms with E-state index in [4.69, 9.17) is 5.73 Å². The Labute approximate surface area is 150 Å². The van der Waals surface area contributed by atoms with Gasteiger partial charge in [0.2, 0.25) is 5.95 Å². The average Bonchev–Trinajstić information content (AvgIpc) is 2.95. The van der Waals surface area contributed by atoms with E-state index in [1.165, 1.54) is 0 Å². The minimum atomic E-state index is -3.33. The number of nitrogens with zero attached hydrogens (tertiary/aromatic N) is 5. The molecule has 1 atom stereocenters. The van der Waals surface area contributed by atoms with E-state index in [1.54, 1.807) is 28.6 Å². The summed E-state index contributed by atoms with van der Waals surface area (Å²) in [4.78, 5) is 22.2. The summed E-state index contributed by atoms with van der Waals surface area (Å²) in [7, 11) is -3.33. The number of anilines is 1. The minimum Gasteiger partial charge on any atom is -0.386 e. The van der Waals surface area contributed by atoms with Crippen LogP contribution in [0.15, 0.2) is 12.1 Å². The summed E-state index contributed by atoms with van der Waals surface area (Å²) in [6.45, 7) is 2.86. The third-order valence-corrected chi connectivity index (χ3v) is 4.92. The zero-order valence-corrected chi connectivity index (χ0v) is 15.3. The van der Waals surface area contributed by atoms with E-state index in [0.29, 0.717) is 24.5 Å². The molecule has 0 saturated heterocycles. The molecule has 0 unspecified atom stereocenters. The highest BCUT2D eigenvalue weighted by Gasteiger charge is 2.26. The van der Waals surface area contributed by atoms with E-state index in [0.717, 1.165) is 6.26 Å². The molecule has 0 radical (unpaired) electrons. The fraction of sp³-hybridized carbons (Fsp3) is 0.467. The highest BCUT2D eigenvalue weighted by Crippen LogP contribution is 2.20. The van der Waals surface area contributed by atoms with Crippen LogP contribution in [-0.4, -0.2) is 62.6 Å². The third-order valence-electron chi connectivity index (χ3n) is 4.00. The van der Waals surface area contributed by atoms with Gasteiger partial charge in [-0.1, -0.05) is 0 Å². The van der Waals surface area contributed by atoms with Gasteiger partial charge in [-0.05, 0) is 19.1 Å². The number of nitrogens with two attached hydrogens (primary N) is 1. The van der Waals surface area contributed by atoms with Crippen LogP contribution >= 0.6 is 0 Å². The van der Waals surface area contributed by atoms with Crippen LogP contribution in [0, 0.1) is 6.92 Å². The number of carbonyl (C=O) groups excluding carboxylic acids is 1. The maximum absolute atomic E-state index is 12.7. The minimum absolute atomic E-state index is 0.0431. The summed E-state index contributed by atoms with van der Waals surface area (Å²) in [6, 6.07) is 3.20. The molecule has 2 aromatic rings. The van der Waals surface area contributed by atoms with Gasteiger partial charge in [0.25, 0.3) is 5.91 Å². The molecule has 0 fully saturated rings. The van der Waals surface area contributed by atoms with Crippen LogP contribution in [0.5, 0.6) is 0 Å². The molecule has 26 heavy (non-hydrogen) atoms. The van der Waals surface area contributed by atoms with E-state index in [1.807, 2.05) is 0 Å². The zero-order chi connectivity index (χ0) is 19.1. The van der Waals surface area contributed by atoms with E-state index in [9.17, 15) is 18.3 Å². The second-order valence-electron chi connectivity index (χ2n) is 6.37. The number of amides is 1. The molecule has 3 N–H and O–H groups in total. The number of hydrogen-bond donors (Lipinski definition) is 2. The Kier molecular flexibility index (Phi) is 4.67. The lowest BCUT2D eigenvalue weighted by Gasteiger charge is -2.27.